The minimum absolute atomic E-state index is 0.0664. The summed E-state index contributed by atoms with van der Waals surface area (Å²) < 4.78 is 43.8. The Labute approximate surface area is 120 Å². The largest absolute Gasteiger partial charge is 0.433 e. The topological polar surface area (TPSA) is 61.2 Å². The molecule has 1 unspecified atom stereocenters. The number of rotatable bonds is 3. The van der Waals surface area contributed by atoms with Gasteiger partial charge in [0.25, 0.3) is 0 Å². The Bertz CT molecular complexity index is 539. The summed E-state index contributed by atoms with van der Waals surface area (Å²) in [5.74, 6) is 0.0664. The molecule has 2 rings (SSSR count). The summed E-state index contributed by atoms with van der Waals surface area (Å²) in [6, 6.07) is 3.88. The van der Waals surface area contributed by atoms with Crippen molar-refractivity contribution in [2.75, 3.05) is 38.2 Å². The van der Waals surface area contributed by atoms with Crippen LogP contribution in [0.25, 0.3) is 0 Å². The van der Waals surface area contributed by atoms with Gasteiger partial charge in [-0.3, -0.25) is 0 Å². The van der Waals surface area contributed by atoms with Gasteiger partial charge in [-0.05, 0) is 19.2 Å². The first kappa shape index (κ1) is 15.5. The number of anilines is 1. The lowest BCUT2D eigenvalue weighted by Gasteiger charge is -2.34. The normalized spacial score (nSPS) is 19.4. The molecule has 1 aliphatic rings. The average Bonchev–Trinajstić information content (AvgIpc) is 2.46. The lowest BCUT2D eigenvalue weighted by molar-refractivity contribution is -0.141. The average molecular weight is 300 g/mol. The molecule has 1 aromatic rings. The first-order valence-corrected chi connectivity index (χ1v) is 6.45. The summed E-state index contributed by atoms with van der Waals surface area (Å²) in [7, 11) is 1.77. The van der Waals surface area contributed by atoms with Gasteiger partial charge in [-0.2, -0.15) is 18.4 Å². The third-order valence-electron chi connectivity index (χ3n) is 3.16. The third-order valence-corrected chi connectivity index (χ3v) is 3.16. The highest BCUT2D eigenvalue weighted by Gasteiger charge is 2.34. The second-order valence-electron chi connectivity index (χ2n) is 4.67. The van der Waals surface area contributed by atoms with Crippen LogP contribution in [-0.2, 0) is 10.9 Å². The fourth-order valence-electron chi connectivity index (χ4n) is 2.20. The van der Waals surface area contributed by atoms with E-state index < -0.39 is 11.9 Å². The summed E-state index contributed by atoms with van der Waals surface area (Å²) in [4.78, 5) is 5.30. The van der Waals surface area contributed by atoms with Gasteiger partial charge in [-0.25, -0.2) is 4.98 Å². The van der Waals surface area contributed by atoms with Gasteiger partial charge in [0.05, 0.1) is 18.3 Å². The molecule has 0 radical (unpaired) electrons. The highest BCUT2D eigenvalue weighted by molar-refractivity contribution is 5.55. The molecule has 1 aliphatic heterocycles. The lowest BCUT2D eigenvalue weighted by atomic mass is 10.2. The molecule has 8 heteroatoms. The van der Waals surface area contributed by atoms with Crippen molar-refractivity contribution >= 4 is 5.82 Å². The minimum Gasteiger partial charge on any atom is -0.373 e. The van der Waals surface area contributed by atoms with Crippen molar-refractivity contribution in [3.8, 4) is 6.07 Å². The van der Waals surface area contributed by atoms with Gasteiger partial charge >= 0.3 is 6.18 Å². The maximum atomic E-state index is 12.8. The highest BCUT2D eigenvalue weighted by Crippen LogP contribution is 2.30. The van der Waals surface area contributed by atoms with E-state index in [9.17, 15) is 13.2 Å². The van der Waals surface area contributed by atoms with E-state index in [2.05, 4.69) is 10.3 Å². The Morgan fingerprint density at radius 3 is 2.90 bits per heavy atom. The van der Waals surface area contributed by atoms with Crippen LogP contribution in [-0.4, -0.2) is 44.4 Å². The van der Waals surface area contributed by atoms with E-state index in [4.69, 9.17) is 10.00 Å². The molecule has 0 aromatic carbocycles. The molecule has 2 heterocycles. The van der Waals surface area contributed by atoms with E-state index in [1.807, 2.05) is 6.07 Å². The number of morpholine rings is 1. The highest BCUT2D eigenvalue weighted by atomic mass is 19.4. The van der Waals surface area contributed by atoms with Crippen molar-refractivity contribution in [3.05, 3.63) is 23.4 Å². The number of nitrogens with one attached hydrogen (secondary N) is 1. The van der Waals surface area contributed by atoms with Gasteiger partial charge in [0.1, 0.15) is 17.6 Å². The Hall–Kier alpha value is -1.85. The molecule has 1 atom stereocenters. The predicted molar refractivity (Wildman–Crippen MR) is 69.8 cm³/mol. The summed E-state index contributed by atoms with van der Waals surface area (Å²) in [5, 5.41) is 12.0. The van der Waals surface area contributed by atoms with Crippen LogP contribution in [0.5, 0.6) is 0 Å². The van der Waals surface area contributed by atoms with Crippen molar-refractivity contribution in [1.29, 1.82) is 5.26 Å². The number of alkyl halides is 3. The van der Waals surface area contributed by atoms with Crippen molar-refractivity contribution in [3.63, 3.8) is 0 Å². The summed E-state index contributed by atoms with van der Waals surface area (Å²) in [6.45, 7) is 1.76. The number of aromatic nitrogens is 1. The van der Waals surface area contributed by atoms with Gasteiger partial charge in [-0.15, -0.1) is 0 Å². The van der Waals surface area contributed by atoms with Crippen molar-refractivity contribution in [1.82, 2.24) is 10.3 Å². The first-order chi connectivity index (χ1) is 9.95. The summed E-state index contributed by atoms with van der Waals surface area (Å²) in [6.07, 6.45) is -4.68. The monoisotopic (exact) mass is 300 g/mol. The third kappa shape index (κ3) is 3.62. The van der Waals surface area contributed by atoms with Gasteiger partial charge < -0.3 is 15.0 Å². The first-order valence-electron chi connectivity index (χ1n) is 6.45. The SMILES string of the molecule is CNCC1CN(c2nc(C(F)(F)F)ccc2C#N)CCO1. The Morgan fingerprint density at radius 2 is 2.29 bits per heavy atom. The van der Waals surface area contributed by atoms with Crippen LogP contribution in [0.15, 0.2) is 12.1 Å². The second-order valence-corrected chi connectivity index (χ2v) is 4.67. The smallest absolute Gasteiger partial charge is 0.373 e. The van der Waals surface area contributed by atoms with Crippen LogP contribution in [0, 0.1) is 11.3 Å². The number of ether oxygens (including phenoxy) is 1. The molecule has 0 amide bonds. The van der Waals surface area contributed by atoms with Crippen LogP contribution in [0.2, 0.25) is 0 Å². The van der Waals surface area contributed by atoms with E-state index in [-0.39, 0.29) is 17.5 Å². The molecule has 1 N–H and O–H groups in total. The number of nitriles is 1. The lowest BCUT2D eigenvalue weighted by Crippen LogP contribution is -2.47. The summed E-state index contributed by atoms with van der Waals surface area (Å²) >= 11 is 0. The van der Waals surface area contributed by atoms with Gasteiger partial charge in [0, 0.05) is 19.6 Å². The summed E-state index contributed by atoms with van der Waals surface area (Å²) in [5.41, 5.74) is -0.860. The fourth-order valence-corrected chi connectivity index (χ4v) is 2.20. The molecule has 0 bridgehead atoms. The van der Waals surface area contributed by atoms with Crippen molar-refractivity contribution in [2.45, 2.75) is 12.3 Å². The Morgan fingerprint density at radius 1 is 1.52 bits per heavy atom. The predicted octanol–water partition coefficient (Wildman–Crippen LogP) is 1.40. The van der Waals surface area contributed by atoms with Crippen LogP contribution in [0.4, 0.5) is 19.0 Å². The maximum absolute atomic E-state index is 12.8. The van der Waals surface area contributed by atoms with Gasteiger partial charge in [-0.1, -0.05) is 0 Å². The van der Waals surface area contributed by atoms with Crippen molar-refractivity contribution < 1.29 is 17.9 Å². The zero-order chi connectivity index (χ0) is 15.5. The molecule has 5 nitrogen and oxygen atoms in total. The number of nitrogens with zero attached hydrogens (tertiary/aromatic N) is 3. The molecule has 1 saturated heterocycles. The van der Waals surface area contributed by atoms with Crippen LogP contribution in [0.3, 0.4) is 0 Å². The number of pyridine rings is 1. The fraction of sp³-hybridized carbons (Fsp3) is 0.538. The maximum Gasteiger partial charge on any atom is 0.433 e. The quantitative estimate of drug-likeness (QED) is 0.914. The molecule has 0 saturated carbocycles. The van der Waals surface area contributed by atoms with E-state index in [1.54, 1.807) is 11.9 Å². The van der Waals surface area contributed by atoms with E-state index >= 15 is 0 Å². The molecule has 0 aliphatic carbocycles. The number of hydrogen-bond donors (Lipinski definition) is 1. The Balaban J connectivity index is 2.30. The number of likely N-dealkylation sites (N-methyl/N-ethyl adjacent to an activating group) is 1. The van der Waals surface area contributed by atoms with Gasteiger partial charge in [0.15, 0.2) is 0 Å². The standard InChI is InChI=1S/C13H15F3N4O/c1-18-7-10-8-20(4-5-21-10)12-9(6-17)2-3-11(19-12)13(14,15)16/h2-3,10,18H,4-5,7-8H2,1H3. The van der Waals surface area contributed by atoms with Crippen LogP contribution >= 0.6 is 0 Å². The molecule has 1 fully saturated rings. The van der Waals surface area contributed by atoms with E-state index in [1.165, 1.54) is 0 Å². The van der Waals surface area contributed by atoms with E-state index in [0.29, 0.717) is 26.2 Å². The van der Waals surface area contributed by atoms with Crippen LogP contribution in [0.1, 0.15) is 11.3 Å². The second kappa shape index (κ2) is 6.28. The molecule has 21 heavy (non-hydrogen) atoms. The number of halogens is 3. The van der Waals surface area contributed by atoms with Crippen molar-refractivity contribution in [2.24, 2.45) is 0 Å². The number of hydrogen-bond acceptors (Lipinski definition) is 5. The molecule has 114 valence electrons. The zero-order valence-electron chi connectivity index (χ0n) is 11.4. The molecular formula is C13H15F3N4O. The van der Waals surface area contributed by atoms with Crippen LogP contribution < -0.4 is 10.2 Å². The Kier molecular flexibility index (Phi) is 4.65. The molecular weight excluding hydrogens is 285 g/mol. The van der Waals surface area contributed by atoms with E-state index in [0.717, 1.165) is 12.1 Å². The molecule has 0 spiro atoms. The minimum atomic E-state index is -4.53. The molecule has 1 aromatic heterocycles. The van der Waals surface area contributed by atoms with Gasteiger partial charge in [0.2, 0.25) is 0 Å². The zero-order valence-corrected chi connectivity index (χ0v) is 11.4.